The van der Waals surface area contributed by atoms with Gasteiger partial charge in [-0.3, -0.25) is 4.79 Å². The molecule has 1 fully saturated rings. The van der Waals surface area contributed by atoms with Gasteiger partial charge >= 0.3 is 0 Å². The first kappa shape index (κ1) is 12.2. The Morgan fingerprint density at radius 3 is 2.65 bits per heavy atom. The Balaban J connectivity index is 1.92. The molecule has 1 amide bonds. The summed E-state index contributed by atoms with van der Waals surface area (Å²) in [5, 5.41) is 3.31. The summed E-state index contributed by atoms with van der Waals surface area (Å²) < 4.78 is 0. The topological polar surface area (TPSA) is 48.1 Å². The number of amides is 1. The van der Waals surface area contributed by atoms with Crippen molar-refractivity contribution in [3.8, 4) is 0 Å². The van der Waals surface area contributed by atoms with Gasteiger partial charge in [-0.15, -0.1) is 0 Å². The van der Waals surface area contributed by atoms with Crippen LogP contribution in [-0.2, 0) is 0 Å². The molecule has 0 unspecified atom stereocenters. The molecule has 1 aliphatic carbocycles. The van der Waals surface area contributed by atoms with Gasteiger partial charge in [0.2, 0.25) is 0 Å². The van der Waals surface area contributed by atoms with Crippen LogP contribution in [0.2, 0.25) is 0 Å². The highest BCUT2D eigenvalue weighted by Crippen LogP contribution is 2.23. The van der Waals surface area contributed by atoms with Crippen LogP contribution in [0.15, 0.2) is 18.5 Å². The number of nitrogens with one attached hydrogen (secondary N) is 2. The van der Waals surface area contributed by atoms with Gasteiger partial charge in [-0.25, -0.2) is 0 Å². The summed E-state index contributed by atoms with van der Waals surface area (Å²) in [7, 11) is 3.93. The maximum absolute atomic E-state index is 12.1. The molecule has 4 nitrogen and oxygen atoms in total. The number of hydrogen-bond acceptors (Lipinski definition) is 2. The maximum atomic E-state index is 12.1. The second-order valence-corrected chi connectivity index (χ2v) is 4.81. The van der Waals surface area contributed by atoms with E-state index in [4.69, 9.17) is 0 Å². The van der Waals surface area contributed by atoms with Gasteiger partial charge < -0.3 is 15.2 Å². The smallest absolute Gasteiger partial charge is 0.255 e. The number of hydrogen-bond donors (Lipinski definition) is 2. The van der Waals surface area contributed by atoms with Crippen molar-refractivity contribution in [2.24, 2.45) is 0 Å². The van der Waals surface area contributed by atoms with E-state index in [1.165, 1.54) is 0 Å². The first-order valence-electron chi connectivity index (χ1n) is 6.29. The average Bonchev–Trinajstić information content (AvgIpc) is 2.91. The minimum atomic E-state index is 0.124. The molecule has 1 aromatic rings. The van der Waals surface area contributed by atoms with E-state index < -0.39 is 0 Å². The molecular weight excluding hydrogens is 214 g/mol. The molecule has 1 heterocycles. The summed E-state index contributed by atoms with van der Waals surface area (Å²) in [6, 6.07) is 2.85. The Hall–Kier alpha value is -1.29. The summed E-state index contributed by atoms with van der Waals surface area (Å²) in [5.41, 5.74) is 0.753. The van der Waals surface area contributed by atoms with Crippen molar-refractivity contribution >= 4 is 5.91 Å². The molecule has 0 atom stereocenters. The molecule has 0 radical (unpaired) electrons. The Labute approximate surface area is 102 Å². The Kier molecular flexibility index (Phi) is 3.84. The monoisotopic (exact) mass is 235 g/mol. The van der Waals surface area contributed by atoms with E-state index >= 15 is 0 Å². The number of H-pyrrole nitrogens is 1. The van der Waals surface area contributed by atoms with Crippen molar-refractivity contribution in [2.45, 2.75) is 37.8 Å². The fourth-order valence-electron chi connectivity index (χ4n) is 2.58. The van der Waals surface area contributed by atoms with Crippen LogP contribution in [0.4, 0.5) is 0 Å². The lowest BCUT2D eigenvalue weighted by Gasteiger charge is -2.34. The normalized spacial score (nSPS) is 24.6. The molecular formula is C13H21N3O. The predicted octanol–water partition coefficient (Wildman–Crippen LogP) is 1.62. The fourth-order valence-corrected chi connectivity index (χ4v) is 2.58. The van der Waals surface area contributed by atoms with Crippen LogP contribution in [0, 0.1) is 0 Å². The number of nitrogens with zero attached hydrogens (tertiary/aromatic N) is 1. The molecule has 0 aromatic carbocycles. The first-order valence-corrected chi connectivity index (χ1v) is 6.29. The van der Waals surface area contributed by atoms with Gasteiger partial charge in [0.15, 0.2) is 0 Å². The van der Waals surface area contributed by atoms with Gasteiger partial charge in [-0.1, -0.05) is 0 Å². The summed E-state index contributed by atoms with van der Waals surface area (Å²) in [5.74, 6) is 0.124. The number of aromatic amines is 1. The van der Waals surface area contributed by atoms with E-state index in [1.54, 1.807) is 12.4 Å². The van der Waals surface area contributed by atoms with Gasteiger partial charge in [0.05, 0.1) is 5.56 Å². The van der Waals surface area contributed by atoms with Crippen molar-refractivity contribution in [1.29, 1.82) is 0 Å². The average molecular weight is 235 g/mol. The van der Waals surface area contributed by atoms with Crippen LogP contribution in [0.1, 0.15) is 36.0 Å². The third kappa shape index (κ3) is 2.69. The lowest BCUT2D eigenvalue weighted by atomic mass is 9.90. The highest BCUT2D eigenvalue weighted by Gasteiger charge is 2.26. The number of rotatable bonds is 3. The van der Waals surface area contributed by atoms with Crippen LogP contribution in [-0.4, -0.2) is 42.0 Å². The SMILES string of the molecule is CNC1CCC(N(C)C(=O)c2cc[nH]c2)CC1. The molecule has 1 saturated carbocycles. The Morgan fingerprint density at radius 1 is 1.41 bits per heavy atom. The van der Waals surface area contributed by atoms with Crippen molar-refractivity contribution in [3.05, 3.63) is 24.0 Å². The molecule has 2 N–H and O–H groups in total. The highest BCUT2D eigenvalue weighted by molar-refractivity contribution is 5.94. The first-order chi connectivity index (χ1) is 8.22. The number of carbonyl (C=O) groups excluding carboxylic acids is 1. The molecule has 4 heteroatoms. The van der Waals surface area contributed by atoms with Gasteiger partial charge in [0.1, 0.15) is 0 Å². The van der Waals surface area contributed by atoms with E-state index in [-0.39, 0.29) is 5.91 Å². The van der Waals surface area contributed by atoms with Crippen LogP contribution in [0.5, 0.6) is 0 Å². The molecule has 0 spiro atoms. The minimum absolute atomic E-state index is 0.124. The van der Waals surface area contributed by atoms with E-state index in [1.807, 2.05) is 25.1 Å². The van der Waals surface area contributed by atoms with Crippen LogP contribution < -0.4 is 5.32 Å². The van der Waals surface area contributed by atoms with Gasteiger partial charge in [-0.05, 0) is 38.8 Å². The fraction of sp³-hybridized carbons (Fsp3) is 0.615. The molecule has 1 aromatic heterocycles. The number of carbonyl (C=O) groups is 1. The molecule has 94 valence electrons. The number of aromatic nitrogens is 1. The molecule has 0 aliphatic heterocycles. The summed E-state index contributed by atoms with van der Waals surface area (Å²) >= 11 is 0. The summed E-state index contributed by atoms with van der Waals surface area (Å²) in [6.45, 7) is 0. The standard InChI is InChI=1S/C13H21N3O/c1-14-11-3-5-12(6-4-11)16(2)13(17)10-7-8-15-9-10/h7-9,11-12,14-15H,3-6H2,1-2H3. The van der Waals surface area contributed by atoms with Crippen molar-refractivity contribution in [1.82, 2.24) is 15.2 Å². The largest absolute Gasteiger partial charge is 0.367 e. The Bertz CT molecular complexity index is 353. The molecule has 1 aliphatic rings. The van der Waals surface area contributed by atoms with Crippen LogP contribution in [0.3, 0.4) is 0 Å². The van der Waals surface area contributed by atoms with Gasteiger partial charge in [0, 0.05) is 31.5 Å². The van der Waals surface area contributed by atoms with Crippen molar-refractivity contribution in [2.75, 3.05) is 14.1 Å². The van der Waals surface area contributed by atoms with E-state index in [0.717, 1.165) is 31.2 Å². The van der Waals surface area contributed by atoms with E-state index in [2.05, 4.69) is 10.3 Å². The maximum Gasteiger partial charge on any atom is 0.255 e. The lowest BCUT2D eigenvalue weighted by Crippen LogP contribution is -2.42. The zero-order valence-corrected chi connectivity index (χ0v) is 10.6. The highest BCUT2D eigenvalue weighted by atomic mass is 16.2. The molecule has 0 bridgehead atoms. The third-order valence-electron chi connectivity index (χ3n) is 3.82. The van der Waals surface area contributed by atoms with Gasteiger partial charge in [-0.2, -0.15) is 0 Å². The quantitative estimate of drug-likeness (QED) is 0.836. The minimum Gasteiger partial charge on any atom is -0.367 e. The van der Waals surface area contributed by atoms with E-state index in [9.17, 15) is 4.79 Å². The third-order valence-corrected chi connectivity index (χ3v) is 3.82. The second-order valence-electron chi connectivity index (χ2n) is 4.81. The van der Waals surface area contributed by atoms with Crippen LogP contribution in [0.25, 0.3) is 0 Å². The zero-order chi connectivity index (χ0) is 12.3. The zero-order valence-electron chi connectivity index (χ0n) is 10.6. The van der Waals surface area contributed by atoms with Crippen LogP contribution >= 0.6 is 0 Å². The lowest BCUT2D eigenvalue weighted by molar-refractivity contribution is 0.0686. The predicted molar refractivity (Wildman–Crippen MR) is 68.0 cm³/mol. The van der Waals surface area contributed by atoms with Gasteiger partial charge in [0.25, 0.3) is 5.91 Å². The van der Waals surface area contributed by atoms with Crippen molar-refractivity contribution in [3.63, 3.8) is 0 Å². The molecule has 0 saturated heterocycles. The molecule has 2 rings (SSSR count). The molecule has 17 heavy (non-hydrogen) atoms. The summed E-state index contributed by atoms with van der Waals surface area (Å²) in [4.78, 5) is 17.0. The van der Waals surface area contributed by atoms with E-state index in [0.29, 0.717) is 12.1 Å². The second kappa shape index (κ2) is 5.36. The Morgan fingerprint density at radius 2 is 2.12 bits per heavy atom. The van der Waals surface area contributed by atoms with Crippen molar-refractivity contribution < 1.29 is 4.79 Å². The summed E-state index contributed by atoms with van der Waals surface area (Å²) in [6.07, 6.45) is 8.06.